The van der Waals surface area contributed by atoms with Crippen molar-refractivity contribution in [2.45, 2.75) is 36.6 Å². The molecule has 17 heavy (non-hydrogen) atoms. The lowest BCUT2D eigenvalue weighted by Gasteiger charge is -2.26. The maximum atomic E-state index is 5.23. The number of thioether (sulfide) groups is 1. The van der Waals surface area contributed by atoms with Crippen molar-refractivity contribution >= 4 is 27.7 Å². The molecule has 1 fully saturated rings. The van der Waals surface area contributed by atoms with Gasteiger partial charge in [0.1, 0.15) is 0 Å². The van der Waals surface area contributed by atoms with E-state index in [2.05, 4.69) is 53.3 Å². The maximum absolute atomic E-state index is 5.23. The summed E-state index contributed by atoms with van der Waals surface area (Å²) in [7, 11) is 0. The van der Waals surface area contributed by atoms with Gasteiger partial charge in [0.05, 0.1) is 18.5 Å². The molecule has 1 aromatic rings. The third kappa shape index (κ3) is 3.98. The molecule has 0 aromatic heterocycles. The highest BCUT2D eigenvalue weighted by Crippen LogP contribution is 2.32. The quantitative estimate of drug-likeness (QED) is 0.899. The molecule has 0 radical (unpaired) electrons. The molecule has 1 saturated heterocycles. The van der Waals surface area contributed by atoms with Gasteiger partial charge in [0.2, 0.25) is 0 Å². The number of benzene rings is 1. The lowest BCUT2D eigenvalue weighted by Crippen LogP contribution is -2.30. The molecule has 0 saturated carbocycles. The second kappa shape index (κ2) is 6.23. The lowest BCUT2D eigenvalue weighted by atomic mass is 10.2. The van der Waals surface area contributed by atoms with Gasteiger partial charge in [0.15, 0.2) is 0 Å². The van der Waals surface area contributed by atoms with Crippen molar-refractivity contribution in [3.8, 4) is 0 Å². The van der Waals surface area contributed by atoms with Gasteiger partial charge in [-0.3, -0.25) is 0 Å². The van der Waals surface area contributed by atoms with Crippen LogP contribution in [0.1, 0.15) is 19.4 Å². The van der Waals surface area contributed by atoms with Gasteiger partial charge in [-0.1, -0.05) is 35.8 Å². The number of halogens is 1. The Bertz CT molecular complexity index is 380. The van der Waals surface area contributed by atoms with Crippen LogP contribution in [0.4, 0.5) is 0 Å². The molecule has 0 unspecified atom stereocenters. The Morgan fingerprint density at radius 2 is 2.24 bits per heavy atom. The van der Waals surface area contributed by atoms with Gasteiger partial charge in [-0.2, -0.15) is 0 Å². The fourth-order valence-electron chi connectivity index (χ4n) is 1.56. The van der Waals surface area contributed by atoms with E-state index in [0.29, 0.717) is 11.3 Å². The van der Waals surface area contributed by atoms with Gasteiger partial charge < -0.3 is 10.1 Å². The van der Waals surface area contributed by atoms with E-state index in [4.69, 9.17) is 4.74 Å². The Hall–Kier alpha value is -0.0300. The second-order valence-corrected chi connectivity index (χ2v) is 6.82. The Morgan fingerprint density at radius 3 is 2.82 bits per heavy atom. The summed E-state index contributed by atoms with van der Waals surface area (Å²) < 4.78 is 6.37. The topological polar surface area (TPSA) is 21.3 Å². The standard InChI is InChI=1S/C13H18BrNOS/c1-9(2)15-6-10-3-4-11(14)5-13(10)17-12-7-16-8-12/h3-5,9,12,15H,6-8H2,1-2H3. The number of hydrogen-bond donors (Lipinski definition) is 1. The highest BCUT2D eigenvalue weighted by molar-refractivity contribution is 9.10. The molecule has 1 heterocycles. The first-order valence-electron chi connectivity index (χ1n) is 5.91. The smallest absolute Gasteiger partial charge is 0.0611 e. The van der Waals surface area contributed by atoms with Crippen LogP contribution < -0.4 is 5.32 Å². The number of nitrogens with one attached hydrogen (secondary N) is 1. The third-order valence-corrected chi connectivity index (χ3v) is 4.36. The van der Waals surface area contributed by atoms with E-state index >= 15 is 0 Å². The van der Waals surface area contributed by atoms with Crippen LogP contribution in [0.5, 0.6) is 0 Å². The van der Waals surface area contributed by atoms with Crippen LogP contribution in [-0.4, -0.2) is 24.5 Å². The molecule has 2 nitrogen and oxygen atoms in total. The largest absolute Gasteiger partial charge is 0.379 e. The third-order valence-electron chi connectivity index (χ3n) is 2.63. The van der Waals surface area contributed by atoms with Gasteiger partial charge >= 0.3 is 0 Å². The molecule has 0 amide bonds. The Morgan fingerprint density at radius 1 is 1.47 bits per heavy atom. The summed E-state index contributed by atoms with van der Waals surface area (Å²) in [6.07, 6.45) is 0. The molecule has 1 aliphatic heterocycles. The summed E-state index contributed by atoms with van der Waals surface area (Å²) >= 11 is 5.47. The van der Waals surface area contributed by atoms with E-state index in [1.807, 2.05) is 11.8 Å². The predicted octanol–water partition coefficient (Wildman–Crippen LogP) is 3.44. The summed E-state index contributed by atoms with van der Waals surface area (Å²) in [5.41, 5.74) is 1.37. The van der Waals surface area contributed by atoms with Gasteiger partial charge in [0, 0.05) is 22.0 Å². The minimum atomic E-state index is 0.517. The van der Waals surface area contributed by atoms with Crippen molar-refractivity contribution in [1.82, 2.24) is 5.32 Å². The minimum absolute atomic E-state index is 0.517. The van der Waals surface area contributed by atoms with Crippen molar-refractivity contribution in [3.63, 3.8) is 0 Å². The Labute approximate surface area is 116 Å². The molecule has 0 spiro atoms. The van der Waals surface area contributed by atoms with E-state index in [1.54, 1.807) is 0 Å². The molecular weight excluding hydrogens is 298 g/mol. The van der Waals surface area contributed by atoms with E-state index in [-0.39, 0.29) is 0 Å². The van der Waals surface area contributed by atoms with Crippen LogP contribution in [0.2, 0.25) is 0 Å². The molecule has 0 aliphatic carbocycles. The zero-order chi connectivity index (χ0) is 12.3. The Balaban J connectivity index is 2.06. The summed E-state index contributed by atoms with van der Waals surface area (Å²) in [4.78, 5) is 1.36. The van der Waals surface area contributed by atoms with Crippen LogP contribution in [0.25, 0.3) is 0 Å². The van der Waals surface area contributed by atoms with Gasteiger partial charge in [-0.25, -0.2) is 0 Å². The summed E-state index contributed by atoms with van der Waals surface area (Å²) in [6, 6.07) is 7.03. The van der Waals surface area contributed by atoms with Crippen LogP contribution in [0, 0.1) is 0 Å². The van der Waals surface area contributed by atoms with E-state index in [9.17, 15) is 0 Å². The molecule has 94 valence electrons. The zero-order valence-corrected chi connectivity index (χ0v) is 12.6. The highest BCUT2D eigenvalue weighted by Gasteiger charge is 2.20. The predicted molar refractivity (Wildman–Crippen MR) is 76.6 cm³/mol. The van der Waals surface area contributed by atoms with Crippen molar-refractivity contribution in [3.05, 3.63) is 28.2 Å². The van der Waals surface area contributed by atoms with Crippen molar-refractivity contribution in [2.24, 2.45) is 0 Å². The van der Waals surface area contributed by atoms with Crippen LogP contribution in [0.15, 0.2) is 27.6 Å². The number of rotatable bonds is 5. The van der Waals surface area contributed by atoms with E-state index in [1.165, 1.54) is 10.5 Å². The maximum Gasteiger partial charge on any atom is 0.0611 e. The second-order valence-electron chi connectivity index (χ2n) is 4.56. The number of hydrogen-bond acceptors (Lipinski definition) is 3. The molecule has 0 bridgehead atoms. The average Bonchev–Trinajstić information content (AvgIpc) is 2.22. The van der Waals surface area contributed by atoms with E-state index in [0.717, 1.165) is 24.2 Å². The van der Waals surface area contributed by atoms with Crippen molar-refractivity contribution in [1.29, 1.82) is 0 Å². The fraction of sp³-hybridized carbons (Fsp3) is 0.538. The fourth-order valence-corrected chi connectivity index (χ4v) is 3.25. The molecule has 1 aromatic carbocycles. The molecule has 1 aliphatic rings. The Kier molecular flexibility index (Phi) is 4.91. The lowest BCUT2D eigenvalue weighted by molar-refractivity contribution is 0.0455. The first-order chi connectivity index (χ1) is 8.15. The van der Waals surface area contributed by atoms with Gasteiger partial charge in [-0.05, 0) is 17.7 Å². The molecular formula is C13H18BrNOS. The first-order valence-corrected chi connectivity index (χ1v) is 7.58. The van der Waals surface area contributed by atoms with Crippen LogP contribution in [0.3, 0.4) is 0 Å². The molecule has 0 atom stereocenters. The van der Waals surface area contributed by atoms with E-state index < -0.39 is 0 Å². The van der Waals surface area contributed by atoms with Crippen LogP contribution >= 0.6 is 27.7 Å². The van der Waals surface area contributed by atoms with Gasteiger partial charge in [-0.15, -0.1) is 11.8 Å². The SMILES string of the molecule is CC(C)NCc1ccc(Br)cc1SC1COC1. The molecule has 1 N–H and O–H groups in total. The van der Waals surface area contributed by atoms with Crippen molar-refractivity contribution in [2.75, 3.05) is 13.2 Å². The summed E-state index contributed by atoms with van der Waals surface area (Å²) in [5.74, 6) is 0. The minimum Gasteiger partial charge on any atom is -0.379 e. The normalized spacial score (nSPS) is 16.2. The molecule has 2 rings (SSSR count). The number of ether oxygens (including phenoxy) is 1. The monoisotopic (exact) mass is 315 g/mol. The van der Waals surface area contributed by atoms with Crippen molar-refractivity contribution < 1.29 is 4.74 Å². The first kappa shape index (κ1) is 13.4. The zero-order valence-electron chi connectivity index (χ0n) is 10.2. The average molecular weight is 316 g/mol. The molecule has 4 heteroatoms. The summed E-state index contributed by atoms with van der Waals surface area (Å²) in [6.45, 7) is 7.04. The summed E-state index contributed by atoms with van der Waals surface area (Å²) in [5, 5.41) is 4.10. The highest BCUT2D eigenvalue weighted by atomic mass is 79.9. The van der Waals surface area contributed by atoms with Crippen LogP contribution in [-0.2, 0) is 11.3 Å². The van der Waals surface area contributed by atoms with Gasteiger partial charge in [0.25, 0.3) is 0 Å².